The van der Waals surface area contributed by atoms with Crippen molar-refractivity contribution in [1.29, 1.82) is 0 Å². The zero-order valence-electron chi connectivity index (χ0n) is 14.0. The van der Waals surface area contributed by atoms with Gasteiger partial charge in [0, 0.05) is 30.0 Å². The van der Waals surface area contributed by atoms with E-state index in [4.69, 9.17) is 10.5 Å². The molecule has 0 saturated carbocycles. The Labute approximate surface area is 135 Å². The normalized spacial score (nSPS) is 14.7. The van der Waals surface area contributed by atoms with Gasteiger partial charge in [-0.05, 0) is 32.6 Å². The summed E-state index contributed by atoms with van der Waals surface area (Å²) in [7, 11) is -2.83. The summed E-state index contributed by atoms with van der Waals surface area (Å²) in [5.74, 6) is 0.644. The molecule has 0 aliphatic heterocycles. The maximum absolute atomic E-state index is 11.0. The number of hydrogen-bond acceptors (Lipinski definition) is 5. The SMILES string of the molecule is C=C/N=C(C)\C=C(/N)O[C@@H](CC)CCCCCCS(C)(=O)=O. The third-order valence-electron chi connectivity index (χ3n) is 3.20. The summed E-state index contributed by atoms with van der Waals surface area (Å²) in [5, 5.41) is 0. The summed E-state index contributed by atoms with van der Waals surface area (Å²) < 4.78 is 27.7. The van der Waals surface area contributed by atoms with Crippen LogP contribution in [0.3, 0.4) is 0 Å². The summed E-state index contributed by atoms with van der Waals surface area (Å²) >= 11 is 0. The summed E-state index contributed by atoms with van der Waals surface area (Å²) in [6.07, 6.45) is 10.0. The molecule has 0 saturated heterocycles. The molecule has 0 bridgehead atoms. The van der Waals surface area contributed by atoms with Gasteiger partial charge in [0.25, 0.3) is 0 Å². The molecule has 0 aliphatic carbocycles. The number of unbranched alkanes of at least 4 members (excludes halogenated alkanes) is 3. The van der Waals surface area contributed by atoms with Crippen molar-refractivity contribution in [1.82, 2.24) is 0 Å². The topological polar surface area (TPSA) is 81.8 Å². The van der Waals surface area contributed by atoms with Gasteiger partial charge in [0.2, 0.25) is 0 Å². The van der Waals surface area contributed by atoms with E-state index in [1.54, 1.807) is 6.08 Å². The van der Waals surface area contributed by atoms with Gasteiger partial charge in [-0.1, -0.05) is 26.3 Å². The summed E-state index contributed by atoms with van der Waals surface area (Å²) in [6.45, 7) is 7.42. The van der Waals surface area contributed by atoms with Gasteiger partial charge >= 0.3 is 0 Å². The minimum Gasteiger partial charge on any atom is -0.476 e. The zero-order chi connectivity index (χ0) is 17.0. The highest BCUT2D eigenvalue weighted by atomic mass is 32.2. The maximum Gasteiger partial charge on any atom is 0.186 e. The fourth-order valence-corrected chi connectivity index (χ4v) is 2.78. The Morgan fingerprint density at radius 1 is 1.32 bits per heavy atom. The molecule has 0 aromatic carbocycles. The zero-order valence-corrected chi connectivity index (χ0v) is 14.9. The van der Waals surface area contributed by atoms with E-state index in [1.165, 1.54) is 12.5 Å². The van der Waals surface area contributed by atoms with Crippen molar-refractivity contribution in [2.24, 2.45) is 10.7 Å². The molecule has 0 spiro atoms. The lowest BCUT2D eigenvalue weighted by Crippen LogP contribution is -2.16. The van der Waals surface area contributed by atoms with Gasteiger partial charge in [0.05, 0.1) is 0 Å². The van der Waals surface area contributed by atoms with Crippen LogP contribution in [0.4, 0.5) is 0 Å². The molecule has 0 unspecified atom stereocenters. The Morgan fingerprint density at radius 3 is 2.50 bits per heavy atom. The number of allylic oxidation sites excluding steroid dienone is 1. The Morgan fingerprint density at radius 2 is 1.95 bits per heavy atom. The minimum atomic E-state index is -2.83. The first-order valence-corrected chi connectivity index (χ1v) is 9.81. The largest absolute Gasteiger partial charge is 0.476 e. The van der Waals surface area contributed by atoms with Gasteiger partial charge in [-0.15, -0.1) is 0 Å². The van der Waals surface area contributed by atoms with E-state index in [0.29, 0.717) is 5.88 Å². The van der Waals surface area contributed by atoms with Crippen LogP contribution < -0.4 is 5.73 Å². The van der Waals surface area contributed by atoms with Gasteiger partial charge in [0.1, 0.15) is 15.9 Å². The molecule has 5 nitrogen and oxygen atoms in total. The highest BCUT2D eigenvalue weighted by molar-refractivity contribution is 7.90. The molecular weight excluding hydrogens is 300 g/mol. The lowest BCUT2D eigenvalue weighted by atomic mass is 10.1. The van der Waals surface area contributed by atoms with Gasteiger partial charge in [-0.2, -0.15) is 0 Å². The van der Waals surface area contributed by atoms with Crippen molar-refractivity contribution in [3.63, 3.8) is 0 Å². The average molecular weight is 330 g/mol. The van der Waals surface area contributed by atoms with Crippen molar-refractivity contribution < 1.29 is 13.2 Å². The van der Waals surface area contributed by atoms with Crippen LogP contribution in [0.15, 0.2) is 29.7 Å². The van der Waals surface area contributed by atoms with E-state index in [1.807, 2.05) is 6.92 Å². The molecule has 22 heavy (non-hydrogen) atoms. The second-order valence-corrected chi connectivity index (χ2v) is 7.74. The molecule has 2 N–H and O–H groups in total. The smallest absolute Gasteiger partial charge is 0.186 e. The number of rotatable bonds is 12. The van der Waals surface area contributed by atoms with Crippen molar-refractivity contribution in [2.75, 3.05) is 12.0 Å². The van der Waals surface area contributed by atoms with Crippen molar-refractivity contribution in [3.05, 3.63) is 24.7 Å². The number of hydrogen-bond donors (Lipinski definition) is 1. The molecule has 1 atom stereocenters. The fourth-order valence-electron chi connectivity index (χ4n) is 2.05. The van der Waals surface area contributed by atoms with Gasteiger partial charge in [-0.3, -0.25) is 4.99 Å². The van der Waals surface area contributed by atoms with Crippen LogP contribution >= 0.6 is 0 Å². The van der Waals surface area contributed by atoms with Crippen LogP contribution in [-0.2, 0) is 14.6 Å². The molecule has 128 valence electrons. The lowest BCUT2D eigenvalue weighted by Gasteiger charge is -2.17. The summed E-state index contributed by atoms with van der Waals surface area (Å²) in [6, 6.07) is 0. The predicted molar refractivity (Wildman–Crippen MR) is 93.5 cm³/mol. The Bertz CT molecular complexity index is 482. The van der Waals surface area contributed by atoms with Crippen molar-refractivity contribution in [3.8, 4) is 0 Å². The van der Waals surface area contributed by atoms with Gasteiger partial charge < -0.3 is 10.5 Å². The number of nitrogens with zero attached hydrogens (tertiary/aromatic N) is 1. The molecule has 0 fully saturated rings. The Kier molecular flexibility index (Phi) is 10.6. The Balaban J connectivity index is 4.02. The fraction of sp³-hybridized carbons (Fsp3) is 0.688. The molecule has 0 radical (unpaired) electrons. The quantitative estimate of drug-likeness (QED) is 0.338. The van der Waals surface area contributed by atoms with E-state index in [-0.39, 0.29) is 11.9 Å². The third kappa shape index (κ3) is 12.4. The second kappa shape index (κ2) is 11.3. The Hall–Kier alpha value is -1.30. The molecule has 0 aliphatic rings. The standard InChI is InChI=1S/C16H30N2O3S/c1-5-15(21-16(17)13-14(3)18-6-2)11-9-7-8-10-12-22(4,19)20/h6,13,15H,2,5,7-12,17H2,1,3-4H3/b16-13+,18-14-/t15-/m0/s1. The molecule has 6 heteroatoms. The van der Waals surface area contributed by atoms with Crippen LogP contribution in [0.25, 0.3) is 0 Å². The highest BCUT2D eigenvalue weighted by Gasteiger charge is 2.08. The molecule has 0 aromatic rings. The molecule has 0 aromatic heterocycles. The first kappa shape index (κ1) is 20.7. The van der Waals surface area contributed by atoms with E-state index in [0.717, 1.165) is 44.2 Å². The van der Waals surface area contributed by atoms with Crippen LogP contribution in [-0.4, -0.2) is 32.2 Å². The first-order chi connectivity index (χ1) is 10.3. The van der Waals surface area contributed by atoms with E-state index in [2.05, 4.69) is 18.5 Å². The first-order valence-electron chi connectivity index (χ1n) is 7.75. The maximum atomic E-state index is 11.0. The highest BCUT2D eigenvalue weighted by Crippen LogP contribution is 2.13. The van der Waals surface area contributed by atoms with Crippen molar-refractivity contribution in [2.45, 2.75) is 58.5 Å². The van der Waals surface area contributed by atoms with Crippen LogP contribution in [0, 0.1) is 0 Å². The van der Waals surface area contributed by atoms with E-state index < -0.39 is 9.84 Å². The second-order valence-electron chi connectivity index (χ2n) is 5.48. The van der Waals surface area contributed by atoms with Gasteiger partial charge in [-0.25, -0.2) is 8.42 Å². The van der Waals surface area contributed by atoms with Gasteiger partial charge in [0.15, 0.2) is 5.88 Å². The van der Waals surface area contributed by atoms with Crippen molar-refractivity contribution >= 4 is 15.5 Å². The number of ether oxygens (including phenoxy) is 1. The molecule has 0 rings (SSSR count). The third-order valence-corrected chi connectivity index (χ3v) is 4.23. The summed E-state index contributed by atoms with van der Waals surface area (Å²) in [5.41, 5.74) is 6.59. The number of sulfone groups is 1. The van der Waals surface area contributed by atoms with Crippen LogP contribution in [0.5, 0.6) is 0 Å². The summed E-state index contributed by atoms with van der Waals surface area (Å²) in [4.78, 5) is 4.01. The average Bonchev–Trinajstić information content (AvgIpc) is 2.40. The minimum absolute atomic E-state index is 0.0858. The molecule has 0 amide bonds. The monoisotopic (exact) mass is 330 g/mol. The van der Waals surface area contributed by atoms with Crippen LogP contribution in [0.2, 0.25) is 0 Å². The van der Waals surface area contributed by atoms with E-state index >= 15 is 0 Å². The molecular formula is C16H30N2O3S. The predicted octanol–water partition coefficient (Wildman–Crippen LogP) is 3.18. The van der Waals surface area contributed by atoms with Crippen LogP contribution in [0.1, 0.15) is 52.4 Å². The number of aliphatic imine (C=N–C) groups is 1. The number of nitrogens with two attached hydrogens (primary N) is 1. The molecule has 0 heterocycles. The van der Waals surface area contributed by atoms with E-state index in [9.17, 15) is 8.42 Å². The lowest BCUT2D eigenvalue weighted by molar-refractivity contribution is 0.100.